The van der Waals surface area contributed by atoms with Gasteiger partial charge >= 0.3 is 0 Å². The maximum atomic E-state index is 4.75. The fourth-order valence-corrected chi connectivity index (χ4v) is 5.82. The number of aliphatic imine (C=N–C) groups is 6. The molecule has 0 atom stereocenters. The van der Waals surface area contributed by atoms with Gasteiger partial charge in [0.25, 0.3) is 0 Å². The lowest BCUT2D eigenvalue weighted by atomic mass is 10.2. The van der Waals surface area contributed by atoms with E-state index < -0.39 is 0 Å². The lowest BCUT2D eigenvalue weighted by molar-refractivity contribution is 0.826. The molecule has 0 bridgehead atoms. The second kappa shape index (κ2) is 14.9. The smallest absolute Gasteiger partial charge is 0.246 e. The Morgan fingerprint density at radius 1 is 0.236 bits per heavy atom. The monoisotopic (exact) mass is 719 g/mol. The highest BCUT2D eigenvalue weighted by Gasteiger charge is 2.35. The van der Waals surface area contributed by atoms with Gasteiger partial charge in [0.2, 0.25) is 35.8 Å². The van der Waals surface area contributed by atoms with Crippen LogP contribution in [0.2, 0.25) is 0 Å². The first-order valence-corrected chi connectivity index (χ1v) is 17.6. The van der Waals surface area contributed by atoms with Crippen molar-refractivity contribution in [3.8, 4) is 0 Å². The van der Waals surface area contributed by atoms with Gasteiger partial charge in [-0.1, -0.05) is 54.6 Å². The number of nitrogens with zero attached hydrogens (tertiary/aromatic N) is 7. The number of hydrogen-bond acceptors (Lipinski definition) is 13. The molecule has 6 aromatic carbocycles. The molecule has 0 radical (unpaired) electrons. The van der Waals surface area contributed by atoms with Gasteiger partial charge in [0.05, 0.1) is 0 Å². The summed E-state index contributed by atoms with van der Waals surface area (Å²) in [4.78, 5) is 30.1. The van der Waals surface area contributed by atoms with E-state index in [1.54, 1.807) is 4.90 Å². The molecule has 0 fully saturated rings. The Morgan fingerprint density at radius 2 is 0.455 bits per heavy atom. The van der Waals surface area contributed by atoms with Crippen molar-refractivity contribution in [2.75, 3.05) is 31.9 Å². The van der Waals surface area contributed by atoms with Gasteiger partial charge in [-0.15, -0.1) is 0 Å². The largest absolute Gasteiger partial charge is 0.356 e. The van der Waals surface area contributed by atoms with Crippen molar-refractivity contribution in [2.24, 2.45) is 30.0 Å². The van der Waals surface area contributed by atoms with Crippen LogP contribution >= 0.6 is 0 Å². The average molecular weight is 720 g/mol. The van der Waals surface area contributed by atoms with Crippen LogP contribution < -0.4 is 31.9 Å². The van der Waals surface area contributed by atoms with Gasteiger partial charge in [-0.2, -0.15) is 30.0 Å². The van der Waals surface area contributed by atoms with Crippen molar-refractivity contribution in [1.29, 1.82) is 0 Å². The molecule has 0 saturated heterocycles. The van der Waals surface area contributed by atoms with Crippen molar-refractivity contribution in [3.05, 3.63) is 164 Å². The molecule has 0 aromatic heterocycles. The van der Waals surface area contributed by atoms with E-state index in [1.165, 1.54) is 0 Å². The number of nitrogens with one attached hydrogen (secondary N) is 6. The summed E-state index contributed by atoms with van der Waals surface area (Å²) in [5, 5.41) is 20.1. The molecular formula is C42H33N13. The lowest BCUT2D eigenvalue weighted by Crippen LogP contribution is -2.49. The molecule has 0 unspecified atom stereocenters. The number of guanidine groups is 6. The predicted molar refractivity (Wildman–Crippen MR) is 226 cm³/mol. The van der Waals surface area contributed by atoms with E-state index in [0.29, 0.717) is 35.8 Å². The van der Waals surface area contributed by atoms with Crippen molar-refractivity contribution >= 4 is 86.9 Å². The van der Waals surface area contributed by atoms with Gasteiger partial charge in [0, 0.05) is 51.2 Å². The molecule has 0 spiro atoms. The van der Waals surface area contributed by atoms with Gasteiger partial charge < -0.3 is 31.9 Å². The van der Waals surface area contributed by atoms with Crippen molar-refractivity contribution in [1.82, 2.24) is 4.90 Å². The van der Waals surface area contributed by atoms with Crippen LogP contribution in [-0.4, -0.2) is 40.7 Å². The Morgan fingerprint density at radius 3 is 0.709 bits per heavy atom. The lowest BCUT2D eigenvalue weighted by Gasteiger charge is -2.30. The van der Waals surface area contributed by atoms with E-state index in [2.05, 4.69) is 31.9 Å². The van der Waals surface area contributed by atoms with Gasteiger partial charge in [0.1, 0.15) is 0 Å². The number of rotatable bonds is 9. The van der Waals surface area contributed by atoms with Crippen LogP contribution in [0.3, 0.4) is 0 Å². The fourth-order valence-electron chi connectivity index (χ4n) is 5.82. The summed E-state index contributed by atoms with van der Waals surface area (Å²) < 4.78 is 0. The molecule has 6 N–H and O–H groups in total. The fraction of sp³-hybridized carbons (Fsp3) is 0. The van der Waals surface area contributed by atoms with E-state index in [1.807, 2.05) is 164 Å². The maximum Gasteiger partial charge on any atom is 0.246 e. The Labute approximate surface area is 316 Å². The third kappa shape index (κ3) is 7.90. The molecule has 0 saturated carbocycles. The molecule has 6 aromatic rings. The molecule has 13 heteroatoms. The zero-order chi connectivity index (χ0) is 36.8. The topological polar surface area (TPSA) is 150 Å². The first-order chi connectivity index (χ1) is 27.1. The van der Waals surface area contributed by atoms with Crippen LogP contribution in [0.4, 0.5) is 51.2 Å². The number of anilines is 9. The third-order valence-electron chi connectivity index (χ3n) is 8.45. The van der Waals surface area contributed by atoms with E-state index in [9.17, 15) is 0 Å². The van der Waals surface area contributed by atoms with E-state index in [-0.39, 0.29) is 0 Å². The van der Waals surface area contributed by atoms with Gasteiger partial charge in [-0.3, -0.25) is 0 Å². The Hall–Kier alpha value is -8.06. The Kier molecular flexibility index (Phi) is 8.88. The van der Waals surface area contributed by atoms with Gasteiger partial charge in [0.15, 0.2) is 0 Å². The number of para-hydroxylation sites is 3. The van der Waals surface area contributed by atoms with E-state index in [0.717, 1.165) is 51.2 Å². The summed E-state index contributed by atoms with van der Waals surface area (Å²) in [5.74, 6) is 1.87. The third-order valence-corrected chi connectivity index (χ3v) is 8.45. The molecule has 3 aliphatic rings. The Balaban J connectivity index is 0.974. The molecule has 0 amide bonds. The minimum Gasteiger partial charge on any atom is -0.356 e. The molecule has 55 heavy (non-hydrogen) atoms. The minimum absolute atomic E-state index is 0.312. The SMILES string of the molecule is c1ccc(Nc2ccc(NC3=NC4=NC(Nc5ccc(Nc6ccccc6)cc5)=NC5=NC(Nc6ccc(Nc7ccccc7)cc6)=NC(=N3)N45)cc2)cc1. The van der Waals surface area contributed by atoms with Crippen LogP contribution in [0.15, 0.2) is 194 Å². The maximum absolute atomic E-state index is 4.75. The summed E-state index contributed by atoms with van der Waals surface area (Å²) >= 11 is 0. The van der Waals surface area contributed by atoms with Crippen LogP contribution in [0, 0.1) is 0 Å². The summed E-state index contributed by atoms with van der Waals surface area (Å²) in [6.45, 7) is 0. The van der Waals surface area contributed by atoms with Gasteiger partial charge in [-0.05, 0) is 109 Å². The summed E-state index contributed by atoms with van der Waals surface area (Å²) in [6.07, 6.45) is 0. The minimum atomic E-state index is 0.312. The normalized spacial score (nSPS) is 14.1. The summed E-state index contributed by atoms with van der Waals surface area (Å²) in [7, 11) is 0. The molecular weight excluding hydrogens is 687 g/mol. The zero-order valence-electron chi connectivity index (χ0n) is 29.2. The molecule has 3 heterocycles. The van der Waals surface area contributed by atoms with E-state index in [4.69, 9.17) is 30.0 Å². The predicted octanol–water partition coefficient (Wildman–Crippen LogP) is 9.03. The molecule has 0 aliphatic carbocycles. The first-order valence-electron chi connectivity index (χ1n) is 17.6. The second-order valence-corrected chi connectivity index (χ2v) is 12.5. The Bertz CT molecular complexity index is 2210. The summed E-state index contributed by atoms with van der Waals surface area (Å²) in [6, 6.07) is 53.6. The van der Waals surface area contributed by atoms with Crippen molar-refractivity contribution in [3.63, 3.8) is 0 Å². The molecule has 3 aliphatic heterocycles. The average Bonchev–Trinajstić information content (AvgIpc) is 3.21. The van der Waals surface area contributed by atoms with Crippen LogP contribution in [0.5, 0.6) is 0 Å². The molecule has 9 rings (SSSR count). The van der Waals surface area contributed by atoms with Crippen LogP contribution in [0.25, 0.3) is 0 Å². The second-order valence-electron chi connectivity index (χ2n) is 12.5. The quantitative estimate of drug-likeness (QED) is 0.0873. The number of hydrogen-bond donors (Lipinski definition) is 6. The van der Waals surface area contributed by atoms with Crippen LogP contribution in [0.1, 0.15) is 0 Å². The van der Waals surface area contributed by atoms with Gasteiger partial charge in [-0.25, -0.2) is 4.90 Å². The standard InChI is InChI=1S/C42H33N13/c1-4-10-28(11-5-1)43-31-16-22-34(23-17-31)46-37-49-40-51-38(47-35-24-18-32(19-25-35)44-29-12-6-2-7-13-29)53-42-54-39(52-41(50-37)55(40)42)48-36-26-20-33(21-27-36)45-30-14-8-3-9-15-30/h1-27,43-45H,(H3,46,47,48,49,50,51,52,53,54). The first kappa shape index (κ1) is 32.8. The van der Waals surface area contributed by atoms with Crippen molar-refractivity contribution < 1.29 is 0 Å². The highest BCUT2D eigenvalue weighted by Crippen LogP contribution is 2.24. The zero-order valence-corrected chi connectivity index (χ0v) is 29.2. The molecule has 13 nitrogen and oxygen atoms in total. The number of benzene rings is 6. The van der Waals surface area contributed by atoms with Crippen LogP contribution in [-0.2, 0) is 0 Å². The molecule has 266 valence electrons. The summed E-state index contributed by atoms with van der Waals surface area (Å²) in [5.41, 5.74) is 8.23. The van der Waals surface area contributed by atoms with E-state index >= 15 is 0 Å². The van der Waals surface area contributed by atoms with Crippen molar-refractivity contribution in [2.45, 2.75) is 0 Å². The highest BCUT2D eigenvalue weighted by molar-refractivity contribution is 6.32. The highest BCUT2D eigenvalue weighted by atomic mass is 15.5.